The van der Waals surface area contributed by atoms with Crippen molar-refractivity contribution in [2.45, 2.75) is 4.90 Å². The first kappa shape index (κ1) is 22.8. The quantitative estimate of drug-likeness (QED) is 0.263. The monoisotopic (exact) mass is 492 g/mol. The normalized spacial score (nSPS) is 11.0. The Hall–Kier alpha value is -4.94. The molecule has 0 radical (unpaired) electrons. The second kappa shape index (κ2) is 9.74. The van der Waals surface area contributed by atoms with E-state index < -0.39 is 10.0 Å². The largest absolute Gasteiger partial charge is 0.355 e. The van der Waals surface area contributed by atoms with E-state index in [0.717, 1.165) is 28.0 Å². The van der Waals surface area contributed by atoms with Gasteiger partial charge in [0.15, 0.2) is 0 Å². The summed E-state index contributed by atoms with van der Waals surface area (Å²) in [5.74, 6) is 0. The summed E-state index contributed by atoms with van der Waals surface area (Å²) in [5.41, 5.74) is 4.93. The van der Waals surface area contributed by atoms with Crippen LogP contribution in [0.4, 0.5) is 28.4 Å². The van der Waals surface area contributed by atoms with Crippen molar-refractivity contribution in [3.8, 4) is 6.07 Å². The topological polar surface area (TPSA) is 120 Å². The first-order valence-corrected chi connectivity index (χ1v) is 12.4. The van der Waals surface area contributed by atoms with Gasteiger partial charge in [-0.25, -0.2) is 8.42 Å². The Morgan fingerprint density at radius 3 is 2.06 bits per heavy atom. The van der Waals surface area contributed by atoms with E-state index in [9.17, 15) is 13.7 Å². The number of hydrogen-bond donors (Lipinski definition) is 3. The Balaban J connectivity index is 1.29. The molecule has 2 aromatic heterocycles. The first-order chi connectivity index (χ1) is 17.5. The number of nitriles is 1. The zero-order valence-electron chi connectivity index (χ0n) is 18.9. The van der Waals surface area contributed by atoms with E-state index in [2.05, 4.69) is 31.4 Å². The molecular weight excluding hydrogens is 472 g/mol. The molecule has 36 heavy (non-hydrogen) atoms. The van der Waals surface area contributed by atoms with Crippen LogP contribution in [0.15, 0.2) is 108 Å². The van der Waals surface area contributed by atoms with Crippen LogP contribution in [-0.2, 0) is 10.0 Å². The predicted octanol–water partition coefficient (Wildman–Crippen LogP) is 5.79. The van der Waals surface area contributed by atoms with Gasteiger partial charge < -0.3 is 10.6 Å². The van der Waals surface area contributed by atoms with Crippen LogP contribution >= 0.6 is 0 Å². The number of pyridine rings is 2. The smallest absolute Gasteiger partial charge is 0.261 e. The maximum absolute atomic E-state index is 12.9. The van der Waals surface area contributed by atoms with Gasteiger partial charge in [-0.05, 0) is 84.9 Å². The molecule has 3 aromatic carbocycles. The molecule has 0 saturated heterocycles. The van der Waals surface area contributed by atoms with E-state index in [1.165, 1.54) is 12.1 Å². The number of nitrogens with one attached hydrogen (secondary N) is 3. The lowest BCUT2D eigenvalue weighted by molar-refractivity contribution is 0.601. The summed E-state index contributed by atoms with van der Waals surface area (Å²) >= 11 is 0. The van der Waals surface area contributed by atoms with Crippen LogP contribution in [0.2, 0.25) is 0 Å². The molecule has 0 spiro atoms. The van der Waals surface area contributed by atoms with Crippen molar-refractivity contribution in [1.82, 2.24) is 9.97 Å². The van der Waals surface area contributed by atoms with Crippen LogP contribution in [0, 0.1) is 11.3 Å². The number of sulfonamides is 1. The SMILES string of the molecule is N#Cc1ccc2nccc(Nc3ccc(S(=O)(=O)Nc4ccc(Nc5ccncc5)cc4)cc3)c2c1. The van der Waals surface area contributed by atoms with Gasteiger partial charge in [0.2, 0.25) is 0 Å². The summed E-state index contributed by atoms with van der Waals surface area (Å²) in [6.07, 6.45) is 5.06. The molecule has 9 heteroatoms. The van der Waals surface area contributed by atoms with Gasteiger partial charge in [0.25, 0.3) is 10.0 Å². The molecule has 0 saturated carbocycles. The predicted molar refractivity (Wildman–Crippen MR) is 141 cm³/mol. The number of aromatic nitrogens is 2. The Kier molecular flexibility index (Phi) is 6.18. The molecule has 0 atom stereocenters. The maximum atomic E-state index is 12.9. The highest BCUT2D eigenvalue weighted by Crippen LogP contribution is 2.27. The molecule has 0 unspecified atom stereocenters. The standard InChI is InChI=1S/C27H20N6O2S/c28-18-19-1-10-26-25(17-19)27(13-16-30-26)32-21-6-8-24(9-7-21)36(34,35)33-23-4-2-20(3-5-23)31-22-11-14-29-15-12-22/h1-17,33H,(H,29,31)(H,30,32). The summed E-state index contributed by atoms with van der Waals surface area (Å²) in [7, 11) is -3.77. The number of rotatable bonds is 7. The van der Waals surface area contributed by atoms with Crippen molar-refractivity contribution < 1.29 is 8.42 Å². The van der Waals surface area contributed by atoms with Gasteiger partial charge in [0.05, 0.1) is 22.0 Å². The van der Waals surface area contributed by atoms with E-state index in [-0.39, 0.29) is 4.90 Å². The molecule has 3 N–H and O–H groups in total. The first-order valence-electron chi connectivity index (χ1n) is 11.0. The molecule has 0 aliphatic carbocycles. The second-order valence-electron chi connectivity index (χ2n) is 7.90. The Morgan fingerprint density at radius 2 is 1.33 bits per heavy atom. The average molecular weight is 493 g/mol. The van der Waals surface area contributed by atoms with Crippen LogP contribution in [0.1, 0.15) is 5.56 Å². The molecule has 0 bridgehead atoms. The number of benzene rings is 3. The fraction of sp³-hybridized carbons (Fsp3) is 0. The van der Waals surface area contributed by atoms with Crippen molar-refractivity contribution in [2.24, 2.45) is 0 Å². The lowest BCUT2D eigenvalue weighted by Crippen LogP contribution is -2.12. The van der Waals surface area contributed by atoms with Crippen molar-refractivity contribution in [3.63, 3.8) is 0 Å². The summed E-state index contributed by atoms with van der Waals surface area (Å²) < 4.78 is 28.4. The Labute approximate surface area is 208 Å². The minimum atomic E-state index is -3.77. The molecule has 0 fully saturated rings. The van der Waals surface area contributed by atoms with Crippen molar-refractivity contribution >= 4 is 49.4 Å². The number of nitrogens with zero attached hydrogens (tertiary/aromatic N) is 3. The zero-order valence-corrected chi connectivity index (χ0v) is 19.7. The third-order valence-electron chi connectivity index (χ3n) is 5.42. The summed E-state index contributed by atoms with van der Waals surface area (Å²) in [6, 6.07) is 26.3. The van der Waals surface area contributed by atoms with E-state index in [1.807, 2.05) is 18.2 Å². The molecule has 0 aliphatic heterocycles. The van der Waals surface area contributed by atoms with E-state index in [1.54, 1.807) is 73.2 Å². The van der Waals surface area contributed by atoms with Crippen LogP contribution in [0.25, 0.3) is 10.9 Å². The van der Waals surface area contributed by atoms with Gasteiger partial charge >= 0.3 is 0 Å². The number of fused-ring (bicyclic) bond motifs is 1. The highest BCUT2D eigenvalue weighted by molar-refractivity contribution is 7.92. The van der Waals surface area contributed by atoms with Gasteiger partial charge in [-0.2, -0.15) is 5.26 Å². The van der Waals surface area contributed by atoms with Crippen LogP contribution in [0.3, 0.4) is 0 Å². The highest BCUT2D eigenvalue weighted by atomic mass is 32.2. The van der Waals surface area contributed by atoms with Crippen molar-refractivity contribution in [2.75, 3.05) is 15.4 Å². The van der Waals surface area contributed by atoms with E-state index in [4.69, 9.17) is 0 Å². The van der Waals surface area contributed by atoms with Crippen molar-refractivity contribution in [3.05, 3.63) is 109 Å². The summed E-state index contributed by atoms with van der Waals surface area (Å²) in [5, 5.41) is 16.5. The maximum Gasteiger partial charge on any atom is 0.261 e. The molecular formula is C27H20N6O2S. The Bertz CT molecular complexity index is 1660. The highest BCUT2D eigenvalue weighted by Gasteiger charge is 2.14. The molecule has 2 heterocycles. The molecule has 5 aromatic rings. The summed E-state index contributed by atoms with van der Waals surface area (Å²) in [4.78, 5) is 8.45. The lowest BCUT2D eigenvalue weighted by atomic mass is 10.1. The van der Waals surface area contributed by atoms with Gasteiger partial charge in [-0.1, -0.05) is 0 Å². The third kappa shape index (κ3) is 5.09. The van der Waals surface area contributed by atoms with Gasteiger partial charge in [-0.15, -0.1) is 0 Å². The van der Waals surface area contributed by atoms with E-state index in [0.29, 0.717) is 16.9 Å². The van der Waals surface area contributed by atoms with Crippen LogP contribution in [0.5, 0.6) is 0 Å². The van der Waals surface area contributed by atoms with Crippen molar-refractivity contribution in [1.29, 1.82) is 5.26 Å². The third-order valence-corrected chi connectivity index (χ3v) is 6.82. The molecule has 8 nitrogen and oxygen atoms in total. The zero-order chi connectivity index (χ0) is 25.0. The second-order valence-corrected chi connectivity index (χ2v) is 9.58. The molecule has 176 valence electrons. The average Bonchev–Trinajstić information content (AvgIpc) is 2.90. The minimum Gasteiger partial charge on any atom is -0.355 e. The summed E-state index contributed by atoms with van der Waals surface area (Å²) in [6.45, 7) is 0. The van der Waals surface area contributed by atoms with E-state index >= 15 is 0 Å². The number of hydrogen-bond acceptors (Lipinski definition) is 7. The fourth-order valence-corrected chi connectivity index (χ4v) is 4.69. The van der Waals surface area contributed by atoms with Gasteiger partial charge in [0.1, 0.15) is 0 Å². The van der Waals surface area contributed by atoms with Gasteiger partial charge in [0, 0.05) is 52.4 Å². The molecule has 0 aliphatic rings. The fourth-order valence-electron chi connectivity index (χ4n) is 3.64. The Morgan fingerprint density at radius 1 is 0.694 bits per heavy atom. The van der Waals surface area contributed by atoms with Crippen LogP contribution in [-0.4, -0.2) is 18.4 Å². The molecule has 5 rings (SSSR count). The minimum absolute atomic E-state index is 0.137. The van der Waals surface area contributed by atoms with Gasteiger partial charge in [-0.3, -0.25) is 14.7 Å². The molecule has 0 amide bonds. The lowest BCUT2D eigenvalue weighted by Gasteiger charge is -2.12. The van der Waals surface area contributed by atoms with Crippen LogP contribution < -0.4 is 15.4 Å². The number of anilines is 5.